The molecule has 150 valence electrons. The Balaban J connectivity index is 1.46. The molecule has 0 atom stereocenters. The number of anilines is 1. The van der Waals surface area contributed by atoms with E-state index in [4.69, 9.17) is 0 Å². The molecular formula is C21H22FN5O2. The number of rotatable bonds is 3. The lowest BCUT2D eigenvalue weighted by Gasteiger charge is -2.31. The van der Waals surface area contributed by atoms with Crippen molar-refractivity contribution in [2.75, 3.05) is 18.4 Å². The third-order valence-corrected chi connectivity index (χ3v) is 5.21. The average Bonchev–Trinajstić information content (AvgIpc) is 3.05. The van der Waals surface area contributed by atoms with Crippen molar-refractivity contribution in [3.63, 3.8) is 0 Å². The zero-order valence-electron chi connectivity index (χ0n) is 16.1. The molecule has 8 heteroatoms. The third-order valence-electron chi connectivity index (χ3n) is 5.21. The molecule has 0 radical (unpaired) electrons. The maximum atomic E-state index is 13.0. The number of hydrogen-bond acceptors (Lipinski definition) is 3. The quantitative estimate of drug-likeness (QED) is 0.741. The Morgan fingerprint density at radius 1 is 1.07 bits per heavy atom. The van der Waals surface area contributed by atoms with E-state index < -0.39 is 0 Å². The second kappa shape index (κ2) is 7.90. The van der Waals surface area contributed by atoms with Gasteiger partial charge in [0.25, 0.3) is 0 Å². The predicted molar refractivity (Wildman–Crippen MR) is 108 cm³/mol. The van der Waals surface area contributed by atoms with Crippen molar-refractivity contribution in [1.82, 2.24) is 19.2 Å². The van der Waals surface area contributed by atoms with E-state index in [0.29, 0.717) is 31.6 Å². The Kier molecular flexibility index (Phi) is 5.16. The van der Waals surface area contributed by atoms with Gasteiger partial charge in [-0.2, -0.15) is 5.10 Å². The molecule has 0 bridgehead atoms. The molecule has 0 unspecified atom stereocenters. The van der Waals surface area contributed by atoms with Crippen molar-refractivity contribution >= 4 is 11.7 Å². The number of nitrogens with zero attached hydrogens (tertiary/aromatic N) is 4. The van der Waals surface area contributed by atoms with Crippen LogP contribution in [-0.2, 0) is 7.05 Å². The number of piperidine rings is 1. The summed E-state index contributed by atoms with van der Waals surface area (Å²) in [5, 5.41) is 7.26. The molecule has 1 saturated heterocycles. The van der Waals surface area contributed by atoms with Crippen molar-refractivity contribution in [3.8, 4) is 5.69 Å². The number of aromatic nitrogens is 3. The predicted octanol–water partition coefficient (Wildman–Crippen LogP) is 3.12. The molecule has 0 aliphatic carbocycles. The van der Waals surface area contributed by atoms with Gasteiger partial charge < -0.3 is 10.2 Å². The lowest BCUT2D eigenvalue weighted by atomic mass is 9.96. The third kappa shape index (κ3) is 3.91. The zero-order valence-corrected chi connectivity index (χ0v) is 16.1. The van der Waals surface area contributed by atoms with Gasteiger partial charge in [-0.25, -0.2) is 23.2 Å². The van der Waals surface area contributed by atoms with Crippen LogP contribution in [-0.4, -0.2) is 38.4 Å². The first kappa shape index (κ1) is 18.9. The molecule has 3 aromatic rings. The maximum Gasteiger partial charge on any atom is 0.350 e. The van der Waals surface area contributed by atoms with E-state index in [1.807, 2.05) is 30.3 Å². The summed E-state index contributed by atoms with van der Waals surface area (Å²) in [6, 6.07) is 14.9. The number of benzene rings is 2. The summed E-state index contributed by atoms with van der Waals surface area (Å²) in [5.41, 5.74) is 1.17. The fourth-order valence-electron chi connectivity index (χ4n) is 3.64. The topological polar surface area (TPSA) is 72.2 Å². The molecule has 4 rings (SSSR count). The summed E-state index contributed by atoms with van der Waals surface area (Å²) in [6.45, 7) is 1.11. The van der Waals surface area contributed by atoms with E-state index >= 15 is 0 Å². The van der Waals surface area contributed by atoms with Gasteiger partial charge in [0, 0.05) is 31.7 Å². The average molecular weight is 395 g/mol. The zero-order chi connectivity index (χ0) is 20.4. The molecular weight excluding hydrogens is 373 g/mol. The molecule has 2 aromatic carbocycles. The Morgan fingerprint density at radius 2 is 1.72 bits per heavy atom. The summed E-state index contributed by atoms with van der Waals surface area (Å²) < 4.78 is 16.0. The van der Waals surface area contributed by atoms with Crippen LogP contribution in [0.15, 0.2) is 59.4 Å². The van der Waals surface area contributed by atoms with Crippen molar-refractivity contribution in [3.05, 3.63) is 76.7 Å². The van der Waals surface area contributed by atoms with Gasteiger partial charge in [-0.3, -0.25) is 0 Å². The molecule has 2 heterocycles. The second-order valence-electron chi connectivity index (χ2n) is 7.13. The second-order valence-corrected chi connectivity index (χ2v) is 7.13. The molecule has 7 nitrogen and oxygen atoms in total. The Bertz CT molecular complexity index is 1050. The number of carbonyl (C=O) groups is 1. The van der Waals surface area contributed by atoms with Gasteiger partial charge in [-0.05, 0) is 49.2 Å². The summed E-state index contributed by atoms with van der Waals surface area (Å²) in [6.07, 6.45) is 1.42. The van der Waals surface area contributed by atoms with Crippen LogP contribution in [0, 0.1) is 5.82 Å². The first-order valence-electron chi connectivity index (χ1n) is 9.56. The molecule has 1 aliphatic heterocycles. The summed E-state index contributed by atoms with van der Waals surface area (Å²) >= 11 is 0. The van der Waals surface area contributed by atoms with Crippen LogP contribution >= 0.6 is 0 Å². The van der Waals surface area contributed by atoms with Crippen LogP contribution in [0.4, 0.5) is 14.9 Å². The standard InChI is InChI=1S/C21H22FN5O2/c1-25-21(29)27(18-5-3-2-4-6-18)19(24-25)15-11-13-26(14-12-15)20(28)23-17-9-7-16(22)8-10-17/h2-10,15H,11-14H2,1H3,(H,23,28). The number of urea groups is 1. The van der Waals surface area contributed by atoms with Crippen LogP contribution < -0.4 is 11.0 Å². The van der Waals surface area contributed by atoms with Gasteiger partial charge in [0.15, 0.2) is 0 Å². The number of carbonyl (C=O) groups excluding carboxylic acids is 1. The van der Waals surface area contributed by atoms with Gasteiger partial charge in [0.1, 0.15) is 11.6 Å². The van der Waals surface area contributed by atoms with Gasteiger partial charge in [-0.1, -0.05) is 18.2 Å². The first-order chi connectivity index (χ1) is 14.0. The molecule has 29 heavy (non-hydrogen) atoms. The smallest absolute Gasteiger partial charge is 0.324 e. The van der Waals surface area contributed by atoms with E-state index in [1.165, 1.54) is 28.9 Å². The summed E-state index contributed by atoms with van der Waals surface area (Å²) in [4.78, 5) is 26.8. The number of para-hydroxylation sites is 1. The number of hydrogen-bond donors (Lipinski definition) is 1. The minimum Gasteiger partial charge on any atom is -0.324 e. The fourth-order valence-corrected chi connectivity index (χ4v) is 3.64. The van der Waals surface area contributed by atoms with Crippen LogP contribution in [0.3, 0.4) is 0 Å². The van der Waals surface area contributed by atoms with Crippen LogP contribution in [0.5, 0.6) is 0 Å². The number of halogens is 1. The summed E-state index contributed by atoms with van der Waals surface area (Å²) in [7, 11) is 1.65. The highest BCUT2D eigenvalue weighted by molar-refractivity contribution is 5.89. The SMILES string of the molecule is Cn1nc(C2CCN(C(=O)Nc3ccc(F)cc3)CC2)n(-c2ccccc2)c1=O. The van der Waals surface area contributed by atoms with Gasteiger partial charge in [0.05, 0.1) is 5.69 Å². The Hall–Kier alpha value is -3.42. The number of likely N-dealkylation sites (tertiary alicyclic amines) is 1. The van der Waals surface area contributed by atoms with Gasteiger partial charge in [-0.15, -0.1) is 0 Å². The van der Waals surface area contributed by atoms with E-state index in [2.05, 4.69) is 10.4 Å². The summed E-state index contributed by atoms with van der Waals surface area (Å²) in [5.74, 6) is 0.463. The maximum absolute atomic E-state index is 13.0. The lowest BCUT2D eigenvalue weighted by molar-refractivity contribution is 0.193. The molecule has 1 aromatic heterocycles. The van der Waals surface area contributed by atoms with E-state index in [9.17, 15) is 14.0 Å². The Labute approximate surface area is 167 Å². The highest BCUT2D eigenvalue weighted by Crippen LogP contribution is 2.28. The van der Waals surface area contributed by atoms with Crippen LogP contribution in [0.1, 0.15) is 24.6 Å². The van der Waals surface area contributed by atoms with Gasteiger partial charge in [0.2, 0.25) is 0 Å². The Morgan fingerprint density at radius 3 is 2.38 bits per heavy atom. The largest absolute Gasteiger partial charge is 0.350 e. The minimum absolute atomic E-state index is 0.0824. The fraction of sp³-hybridized carbons (Fsp3) is 0.286. The van der Waals surface area contributed by atoms with Crippen molar-refractivity contribution < 1.29 is 9.18 Å². The molecule has 1 aliphatic rings. The first-order valence-corrected chi connectivity index (χ1v) is 9.56. The normalized spacial score (nSPS) is 14.8. The molecule has 1 fully saturated rings. The van der Waals surface area contributed by atoms with Crippen molar-refractivity contribution in [2.45, 2.75) is 18.8 Å². The van der Waals surface area contributed by atoms with Crippen molar-refractivity contribution in [2.24, 2.45) is 7.05 Å². The molecule has 0 spiro atoms. The number of amides is 2. The lowest BCUT2D eigenvalue weighted by Crippen LogP contribution is -2.41. The van der Waals surface area contributed by atoms with E-state index in [-0.39, 0.29) is 23.5 Å². The molecule has 1 N–H and O–H groups in total. The van der Waals surface area contributed by atoms with Gasteiger partial charge >= 0.3 is 11.7 Å². The minimum atomic E-state index is -0.344. The number of nitrogens with one attached hydrogen (secondary N) is 1. The highest BCUT2D eigenvalue weighted by atomic mass is 19.1. The monoisotopic (exact) mass is 395 g/mol. The molecule has 0 saturated carbocycles. The van der Waals surface area contributed by atoms with E-state index in [1.54, 1.807) is 16.5 Å². The van der Waals surface area contributed by atoms with Crippen LogP contribution in [0.25, 0.3) is 5.69 Å². The van der Waals surface area contributed by atoms with E-state index in [0.717, 1.165) is 11.5 Å². The highest BCUT2D eigenvalue weighted by Gasteiger charge is 2.28. The van der Waals surface area contributed by atoms with Crippen LogP contribution in [0.2, 0.25) is 0 Å². The van der Waals surface area contributed by atoms with Crippen molar-refractivity contribution in [1.29, 1.82) is 0 Å². The molecule has 2 amide bonds. The number of aryl methyl sites for hydroxylation is 1.